The van der Waals surface area contributed by atoms with Crippen LogP contribution in [-0.4, -0.2) is 31.4 Å². The molecule has 22 heavy (non-hydrogen) atoms. The smallest absolute Gasteiger partial charge is 0.223 e. The number of amides is 1. The Labute approximate surface area is 140 Å². The molecule has 0 spiro atoms. The minimum Gasteiger partial charge on any atom is -0.460 e. The zero-order valence-electron chi connectivity index (χ0n) is 12.5. The Morgan fingerprint density at radius 2 is 1.95 bits per heavy atom. The van der Waals surface area contributed by atoms with E-state index in [1.807, 2.05) is 18.2 Å². The van der Waals surface area contributed by atoms with E-state index in [4.69, 9.17) is 27.6 Å². The summed E-state index contributed by atoms with van der Waals surface area (Å²) in [6, 6.07) is 9.17. The van der Waals surface area contributed by atoms with Crippen LogP contribution in [0.5, 0.6) is 0 Å². The molecule has 4 nitrogen and oxygen atoms in total. The number of hydrogen-bond acceptors (Lipinski definition) is 3. The molecule has 2 aromatic rings. The zero-order chi connectivity index (χ0) is 16.1. The third kappa shape index (κ3) is 4.50. The number of hydrogen-bond donors (Lipinski definition) is 1. The van der Waals surface area contributed by atoms with Crippen LogP contribution in [0.1, 0.15) is 12.2 Å². The second-order valence-electron chi connectivity index (χ2n) is 5.11. The predicted octanol–water partition coefficient (Wildman–Crippen LogP) is 3.82. The minimum atomic E-state index is 0.100. The fourth-order valence-electron chi connectivity index (χ4n) is 1.91. The standard InChI is InChI=1S/C16H18Cl2N2O2/c1-20(2)16(21)7-8-19-10-12-4-6-15(22-12)11-3-5-13(17)14(18)9-11/h3-6,9,19H,7-8,10H2,1-2H3. The molecule has 1 amide bonds. The van der Waals surface area contributed by atoms with Crippen molar-refractivity contribution in [3.05, 3.63) is 46.1 Å². The van der Waals surface area contributed by atoms with Crippen molar-refractivity contribution in [1.29, 1.82) is 0 Å². The van der Waals surface area contributed by atoms with E-state index in [2.05, 4.69) is 5.32 Å². The topological polar surface area (TPSA) is 45.5 Å². The number of nitrogens with zero attached hydrogens (tertiary/aromatic N) is 1. The highest BCUT2D eigenvalue weighted by Crippen LogP contribution is 2.29. The average Bonchev–Trinajstić information content (AvgIpc) is 2.95. The quantitative estimate of drug-likeness (QED) is 0.813. The number of benzene rings is 1. The number of carbonyl (C=O) groups is 1. The highest BCUT2D eigenvalue weighted by Gasteiger charge is 2.08. The molecule has 1 aromatic heterocycles. The van der Waals surface area contributed by atoms with Gasteiger partial charge in [0.2, 0.25) is 5.91 Å². The third-order valence-corrected chi connectivity index (χ3v) is 3.92. The van der Waals surface area contributed by atoms with Gasteiger partial charge in [0.15, 0.2) is 0 Å². The second-order valence-corrected chi connectivity index (χ2v) is 5.92. The molecule has 0 bridgehead atoms. The van der Waals surface area contributed by atoms with Crippen LogP contribution in [0.25, 0.3) is 11.3 Å². The summed E-state index contributed by atoms with van der Waals surface area (Å²) >= 11 is 11.9. The van der Waals surface area contributed by atoms with Crippen molar-refractivity contribution in [3.63, 3.8) is 0 Å². The van der Waals surface area contributed by atoms with Crippen LogP contribution in [-0.2, 0) is 11.3 Å². The van der Waals surface area contributed by atoms with E-state index in [1.165, 1.54) is 0 Å². The molecule has 1 heterocycles. The normalized spacial score (nSPS) is 10.7. The van der Waals surface area contributed by atoms with E-state index in [0.29, 0.717) is 29.6 Å². The van der Waals surface area contributed by atoms with Crippen molar-refractivity contribution in [1.82, 2.24) is 10.2 Å². The molecule has 0 saturated carbocycles. The van der Waals surface area contributed by atoms with Gasteiger partial charge in [-0.3, -0.25) is 4.79 Å². The van der Waals surface area contributed by atoms with Crippen LogP contribution in [0.15, 0.2) is 34.7 Å². The largest absolute Gasteiger partial charge is 0.460 e. The number of furan rings is 1. The van der Waals surface area contributed by atoms with E-state index in [-0.39, 0.29) is 5.91 Å². The lowest BCUT2D eigenvalue weighted by molar-refractivity contribution is -0.128. The van der Waals surface area contributed by atoms with Gasteiger partial charge in [0.05, 0.1) is 16.6 Å². The van der Waals surface area contributed by atoms with Crippen molar-refractivity contribution in [2.24, 2.45) is 0 Å². The van der Waals surface area contributed by atoms with Crippen molar-refractivity contribution >= 4 is 29.1 Å². The second kappa shape index (κ2) is 7.68. The molecular weight excluding hydrogens is 323 g/mol. The molecule has 0 unspecified atom stereocenters. The summed E-state index contributed by atoms with van der Waals surface area (Å²) in [5.74, 6) is 1.64. The van der Waals surface area contributed by atoms with Crippen LogP contribution in [0.2, 0.25) is 10.0 Å². The number of halogens is 2. The molecule has 2 rings (SSSR count). The molecule has 0 aliphatic rings. The van der Waals surface area contributed by atoms with Crippen LogP contribution in [0.3, 0.4) is 0 Å². The molecule has 1 N–H and O–H groups in total. The minimum absolute atomic E-state index is 0.100. The van der Waals surface area contributed by atoms with Gasteiger partial charge in [-0.2, -0.15) is 0 Å². The van der Waals surface area contributed by atoms with Gasteiger partial charge in [-0.1, -0.05) is 23.2 Å². The highest BCUT2D eigenvalue weighted by atomic mass is 35.5. The summed E-state index contributed by atoms with van der Waals surface area (Å²) in [5.41, 5.74) is 0.878. The monoisotopic (exact) mass is 340 g/mol. The fourth-order valence-corrected chi connectivity index (χ4v) is 2.21. The summed E-state index contributed by atoms with van der Waals surface area (Å²) in [4.78, 5) is 13.0. The van der Waals surface area contributed by atoms with Crippen molar-refractivity contribution in [3.8, 4) is 11.3 Å². The lowest BCUT2D eigenvalue weighted by Gasteiger charge is -2.09. The highest BCUT2D eigenvalue weighted by molar-refractivity contribution is 6.42. The van der Waals surface area contributed by atoms with Crippen molar-refractivity contribution in [2.45, 2.75) is 13.0 Å². The summed E-state index contributed by atoms with van der Waals surface area (Å²) in [6.45, 7) is 1.18. The Morgan fingerprint density at radius 1 is 1.18 bits per heavy atom. The predicted molar refractivity (Wildman–Crippen MR) is 89.2 cm³/mol. The van der Waals surface area contributed by atoms with Gasteiger partial charge >= 0.3 is 0 Å². The number of nitrogens with one attached hydrogen (secondary N) is 1. The van der Waals surface area contributed by atoms with Gasteiger partial charge in [0.1, 0.15) is 11.5 Å². The molecule has 0 aliphatic heterocycles. The van der Waals surface area contributed by atoms with Gasteiger partial charge in [-0.15, -0.1) is 0 Å². The van der Waals surface area contributed by atoms with Gasteiger partial charge in [0.25, 0.3) is 0 Å². The first-order chi connectivity index (χ1) is 10.5. The Morgan fingerprint density at radius 3 is 2.64 bits per heavy atom. The molecule has 118 valence electrons. The third-order valence-electron chi connectivity index (χ3n) is 3.18. The van der Waals surface area contributed by atoms with Crippen LogP contribution >= 0.6 is 23.2 Å². The first kappa shape index (κ1) is 16.9. The molecule has 0 aliphatic carbocycles. The van der Waals surface area contributed by atoms with E-state index < -0.39 is 0 Å². The number of carbonyl (C=O) groups excluding carboxylic acids is 1. The number of rotatable bonds is 6. The summed E-state index contributed by atoms with van der Waals surface area (Å²) in [7, 11) is 3.50. The van der Waals surface area contributed by atoms with Gasteiger partial charge in [-0.25, -0.2) is 0 Å². The maximum atomic E-state index is 11.4. The lowest BCUT2D eigenvalue weighted by Crippen LogP contribution is -2.26. The van der Waals surface area contributed by atoms with Crippen LogP contribution < -0.4 is 5.32 Å². The first-order valence-corrected chi connectivity index (χ1v) is 7.68. The zero-order valence-corrected chi connectivity index (χ0v) is 14.0. The molecule has 0 atom stereocenters. The van der Waals surface area contributed by atoms with Crippen LogP contribution in [0.4, 0.5) is 0 Å². The molecule has 1 aromatic carbocycles. The maximum absolute atomic E-state index is 11.4. The van der Waals surface area contributed by atoms with E-state index in [9.17, 15) is 4.79 Å². The van der Waals surface area contributed by atoms with Crippen molar-refractivity contribution in [2.75, 3.05) is 20.6 Å². The lowest BCUT2D eigenvalue weighted by atomic mass is 10.2. The summed E-state index contributed by atoms with van der Waals surface area (Å²) in [6.07, 6.45) is 0.466. The molecule has 0 fully saturated rings. The summed E-state index contributed by atoms with van der Waals surface area (Å²) < 4.78 is 5.76. The SMILES string of the molecule is CN(C)C(=O)CCNCc1ccc(-c2ccc(Cl)c(Cl)c2)o1. The van der Waals surface area contributed by atoms with Gasteiger partial charge < -0.3 is 14.6 Å². The van der Waals surface area contributed by atoms with Gasteiger partial charge in [-0.05, 0) is 30.3 Å². The Hall–Kier alpha value is -1.49. The summed E-state index contributed by atoms with van der Waals surface area (Å²) in [5, 5.41) is 4.20. The van der Waals surface area contributed by atoms with E-state index in [0.717, 1.165) is 17.1 Å². The Bertz CT molecular complexity index is 653. The fraction of sp³-hybridized carbons (Fsp3) is 0.312. The first-order valence-electron chi connectivity index (χ1n) is 6.92. The van der Waals surface area contributed by atoms with Crippen molar-refractivity contribution < 1.29 is 9.21 Å². The Balaban J connectivity index is 1.89. The maximum Gasteiger partial charge on any atom is 0.223 e. The molecule has 0 radical (unpaired) electrons. The van der Waals surface area contributed by atoms with Crippen LogP contribution in [0, 0.1) is 0 Å². The molecular formula is C16H18Cl2N2O2. The Kier molecular flexibility index (Phi) is 5.89. The van der Waals surface area contributed by atoms with E-state index >= 15 is 0 Å². The average molecular weight is 341 g/mol. The molecule has 0 saturated heterocycles. The van der Waals surface area contributed by atoms with Gasteiger partial charge in [0, 0.05) is 32.6 Å². The molecule has 6 heteroatoms. The van der Waals surface area contributed by atoms with E-state index in [1.54, 1.807) is 31.1 Å².